The molecule has 0 fully saturated rings. The van der Waals surface area contributed by atoms with Crippen LogP contribution < -0.4 is 4.74 Å². The van der Waals surface area contributed by atoms with Crippen LogP contribution in [0.3, 0.4) is 0 Å². The maximum atomic E-state index is 11.9. The van der Waals surface area contributed by atoms with E-state index in [9.17, 15) is 15.0 Å². The highest BCUT2D eigenvalue weighted by atomic mass is 16.6. The van der Waals surface area contributed by atoms with E-state index in [0.717, 1.165) is 5.56 Å². The van der Waals surface area contributed by atoms with Gasteiger partial charge >= 0.3 is 0 Å². The van der Waals surface area contributed by atoms with Gasteiger partial charge in [0.15, 0.2) is 5.60 Å². The highest BCUT2D eigenvalue weighted by molar-refractivity contribution is 6.05. The smallest absolute Gasteiger partial charge is 0.269 e. The van der Waals surface area contributed by atoms with E-state index < -0.39 is 17.2 Å². The second-order valence-electron chi connectivity index (χ2n) is 4.61. The van der Waals surface area contributed by atoms with E-state index in [-0.39, 0.29) is 5.56 Å². The van der Waals surface area contributed by atoms with Crippen molar-refractivity contribution in [3.8, 4) is 5.75 Å². The van der Waals surface area contributed by atoms with Crippen molar-refractivity contribution >= 4 is 5.78 Å². The summed E-state index contributed by atoms with van der Waals surface area (Å²) in [5.41, 5.74) is -0.203. The molecule has 0 radical (unpaired) electrons. The first-order chi connectivity index (χ1) is 7.25. The molecule has 0 amide bonds. The largest absolute Gasteiger partial charge is 0.481 e. The molecule has 0 bridgehead atoms. The van der Waals surface area contributed by atoms with Crippen molar-refractivity contribution in [3.63, 3.8) is 0 Å². The number of carbonyl (C=O) groups excluding carboxylic acids is 1. The number of fused-ring (bicyclic) bond motifs is 1. The van der Waals surface area contributed by atoms with Crippen LogP contribution in [-0.2, 0) is 0 Å². The van der Waals surface area contributed by atoms with Gasteiger partial charge in [-0.25, -0.2) is 0 Å². The summed E-state index contributed by atoms with van der Waals surface area (Å²) in [7, 11) is 0. The molecule has 2 rings (SSSR count). The fourth-order valence-electron chi connectivity index (χ4n) is 1.71. The van der Waals surface area contributed by atoms with E-state index >= 15 is 0 Å². The minimum Gasteiger partial charge on any atom is -0.481 e. The normalized spacial score (nSPS) is 21.2. The number of aliphatic hydroxyl groups is 2. The van der Waals surface area contributed by atoms with Gasteiger partial charge in [0.25, 0.3) is 5.79 Å². The van der Waals surface area contributed by atoms with E-state index in [4.69, 9.17) is 4.74 Å². The average molecular weight is 222 g/mol. The molecule has 0 saturated heterocycles. The number of aryl methyl sites for hydroxylation is 1. The Morgan fingerprint density at radius 1 is 1.25 bits per heavy atom. The van der Waals surface area contributed by atoms with Crippen molar-refractivity contribution in [2.75, 3.05) is 0 Å². The van der Waals surface area contributed by atoms with Crippen LogP contribution in [-0.4, -0.2) is 27.4 Å². The molecule has 16 heavy (non-hydrogen) atoms. The minimum atomic E-state index is -2.49. The summed E-state index contributed by atoms with van der Waals surface area (Å²) in [4.78, 5) is 11.9. The third-order valence-corrected chi connectivity index (χ3v) is 2.90. The van der Waals surface area contributed by atoms with Crippen molar-refractivity contribution < 1.29 is 19.7 Å². The molecule has 1 aliphatic heterocycles. The summed E-state index contributed by atoms with van der Waals surface area (Å²) in [6, 6.07) is 4.99. The third kappa shape index (κ3) is 1.34. The van der Waals surface area contributed by atoms with Crippen molar-refractivity contribution in [2.45, 2.75) is 32.2 Å². The first-order valence-corrected chi connectivity index (χ1v) is 5.05. The fourth-order valence-corrected chi connectivity index (χ4v) is 1.71. The highest BCUT2D eigenvalue weighted by Gasteiger charge is 2.55. The van der Waals surface area contributed by atoms with Crippen molar-refractivity contribution in [3.05, 3.63) is 29.3 Å². The van der Waals surface area contributed by atoms with Gasteiger partial charge < -0.3 is 14.9 Å². The zero-order valence-electron chi connectivity index (χ0n) is 9.44. The lowest BCUT2D eigenvalue weighted by Crippen LogP contribution is -2.61. The van der Waals surface area contributed by atoms with Crippen LogP contribution in [0, 0.1) is 6.92 Å². The van der Waals surface area contributed by atoms with E-state index in [2.05, 4.69) is 0 Å². The summed E-state index contributed by atoms with van der Waals surface area (Å²) in [6.45, 7) is 4.81. The second-order valence-corrected chi connectivity index (χ2v) is 4.61. The van der Waals surface area contributed by atoms with Crippen molar-refractivity contribution in [1.29, 1.82) is 0 Å². The molecule has 4 heteroatoms. The average Bonchev–Trinajstić information content (AvgIpc) is 2.14. The Kier molecular flexibility index (Phi) is 2.12. The monoisotopic (exact) mass is 222 g/mol. The van der Waals surface area contributed by atoms with Gasteiger partial charge in [-0.2, -0.15) is 0 Å². The summed E-state index contributed by atoms with van der Waals surface area (Å²) in [5, 5.41) is 19.5. The van der Waals surface area contributed by atoms with E-state index in [0.29, 0.717) is 5.75 Å². The van der Waals surface area contributed by atoms with Crippen LogP contribution in [0.2, 0.25) is 0 Å². The Bertz CT molecular complexity index is 460. The maximum absolute atomic E-state index is 11.9. The number of hydrogen-bond donors (Lipinski definition) is 2. The minimum absolute atomic E-state index is 0.204. The molecule has 1 heterocycles. The Labute approximate surface area is 93.5 Å². The lowest BCUT2D eigenvalue weighted by molar-refractivity contribution is -0.220. The molecule has 1 aromatic rings. The molecule has 1 aliphatic rings. The molecule has 86 valence electrons. The maximum Gasteiger partial charge on any atom is 0.269 e. The molecule has 0 spiro atoms. The second kappa shape index (κ2) is 3.06. The predicted octanol–water partition coefficient (Wildman–Crippen LogP) is 1.03. The van der Waals surface area contributed by atoms with Gasteiger partial charge in [-0.15, -0.1) is 0 Å². The molecule has 1 aromatic carbocycles. The van der Waals surface area contributed by atoms with Crippen LogP contribution in [0.1, 0.15) is 29.8 Å². The summed E-state index contributed by atoms with van der Waals surface area (Å²) in [5.74, 6) is -2.82. The molecular formula is C12H14O4. The molecule has 0 aromatic heterocycles. The zero-order chi connectivity index (χ0) is 12.1. The Morgan fingerprint density at radius 3 is 2.50 bits per heavy atom. The van der Waals surface area contributed by atoms with Gasteiger partial charge in [-0.3, -0.25) is 4.79 Å². The lowest BCUT2D eigenvalue weighted by atomic mass is 9.86. The van der Waals surface area contributed by atoms with Crippen molar-refractivity contribution in [2.24, 2.45) is 0 Å². The van der Waals surface area contributed by atoms with E-state index in [1.807, 2.05) is 6.92 Å². The SMILES string of the molecule is Cc1ccc2c(c1)OC(C)(C)C(O)(O)C2=O. The van der Waals surface area contributed by atoms with Gasteiger partial charge in [0.2, 0.25) is 5.78 Å². The molecule has 0 atom stereocenters. The number of ketones is 1. The third-order valence-electron chi connectivity index (χ3n) is 2.90. The van der Waals surface area contributed by atoms with Gasteiger partial charge in [-0.05, 0) is 38.5 Å². The van der Waals surface area contributed by atoms with E-state index in [1.54, 1.807) is 18.2 Å². The highest BCUT2D eigenvalue weighted by Crippen LogP contribution is 2.38. The fraction of sp³-hybridized carbons (Fsp3) is 0.417. The molecule has 0 saturated carbocycles. The Balaban J connectivity index is 2.62. The van der Waals surface area contributed by atoms with Gasteiger partial charge in [0, 0.05) is 0 Å². The zero-order valence-corrected chi connectivity index (χ0v) is 9.44. The molecule has 4 nitrogen and oxygen atoms in total. The number of rotatable bonds is 0. The molecule has 0 aliphatic carbocycles. The number of benzene rings is 1. The quantitative estimate of drug-likeness (QED) is 0.643. The molecule has 2 N–H and O–H groups in total. The van der Waals surface area contributed by atoms with Gasteiger partial charge in [-0.1, -0.05) is 6.07 Å². The van der Waals surface area contributed by atoms with Gasteiger partial charge in [0.1, 0.15) is 5.75 Å². The summed E-state index contributed by atoms with van der Waals surface area (Å²) >= 11 is 0. The van der Waals surface area contributed by atoms with E-state index in [1.165, 1.54) is 13.8 Å². The topological polar surface area (TPSA) is 66.8 Å². The van der Waals surface area contributed by atoms with Crippen LogP contribution in [0.4, 0.5) is 0 Å². The number of hydrogen-bond acceptors (Lipinski definition) is 4. The number of Topliss-reactive ketones (excluding diaryl/α,β-unsaturated/α-hetero) is 1. The Hall–Kier alpha value is -1.39. The number of ether oxygens (including phenoxy) is 1. The first-order valence-electron chi connectivity index (χ1n) is 5.05. The lowest BCUT2D eigenvalue weighted by Gasteiger charge is -2.41. The Morgan fingerprint density at radius 2 is 1.88 bits per heavy atom. The van der Waals surface area contributed by atoms with Crippen LogP contribution in [0.15, 0.2) is 18.2 Å². The van der Waals surface area contributed by atoms with Crippen LogP contribution in [0.5, 0.6) is 5.75 Å². The summed E-state index contributed by atoms with van der Waals surface area (Å²) < 4.78 is 5.46. The molecule has 0 unspecified atom stereocenters. The van der Waals surface area contributed by atoms with Crippen molar-refractivity contribution in [1.82, 2.24) is 0 Å². The first kappa shape index (κ1) is 11.1. The van der Waals surface area contributed by atoms with Gasteiger partial charge in [0.05, 0.1) is 5.56 Å². The summed E-state index contributed by atoms with van der Waals surface area (Å²) in [6.07, 6.45) is 0. The standard InChI is InChI=1S/C12H14O4/c1-7-4-5-8-9(6-7)16-11(2,3)12(14,15)10(8)13/h4-6,14-15H,1-3H3. The van der Waals surface area contributed by atoms with Crippen LogP contribution >= 0.6 is 0 Å². The number of carbonyl (C=O) groups is 1. The van der Waals surface area contributed by atoms with Crippen LogP contribution in [0.25, 0.3) is 0 Å². The predicted molar refractivity (Wildman–Crippen MR) is 57.4 cm³/mol. The molecular weight excluding hydrogens is 208 g/mol.